The van der Waals surface area contributed by atoms with Crippen molar-refractivity contribution >= 4 is 17.0 Å². The summed E-state index contributed by atoms with van der Waals surface area (Å²) in [5, 5.41) is 0.649. The van der Waals surface area contributed by atoms with Gasteiger partial charge in [0.1, 0.15) is 5.82 Å². The molecule has 0 unspecified atom stereocenters. The van der Waals surface area contributed by atoms with Crippen molar-refractivity contribution in [1.29, 1.82) is 0 Å². The standard InChI is InChI=1S/C12H10N2O/c15-12-9-3-1-2-4-10(9)13-11(14-12)7-8-5-6-8/h1-4,7H,5-6H2,(H,13,14,15). The molecule has 74 valence electrons. The number of H-pyrrole nitrogens is 1. The van der Waals surface area contributed by atoms with Gasteiger partial charge in [-0.05, 0) is 31.1 Å². The molecule has 0 radical (unpaired) electrons. The second-order valence-electron chi connectivity index (χ2n) is 3.77. The molecule has 1 heterocycles. The molecule has 0 aliphatic heterocycles. The highest BCUT2D eigenvalue weighted by atomic mass is 16.1. The summed E-state index contributed by atoms with van der Waals surface area (Å²) in [6.07, 6.45) is 4.24. The minimum atomic E-state index is -0.0619. The molecule has 0 saturated heterocycles. The highest BCUT2D eigenvalue weighted by Gasteiger charge is 2.11. The molecule has 1 saturated carbocycles. The molecule has 1 N–H and O–H groups in total. The first-order valence-electron chi connectivity index (χ1n) is 5.01. The van der Waals surface area contributed by atoms with Crippen molar-refractivity contribution in [1.82, 2.24) is 9.97 Å². The maximum atomic E-state index is 11.7. The summed E-state index contributed by atoms with van der Waals surface area (Å²) in [6.45, 7) is 0. The Labute approximate surface area is 86.5 Å². The fourth-order valence-corrected chi connectivity index (χ4v) is 1.58. The molecule has 2 aromatic rings. The van der Waals surface area contributed by atoms with Crippen LogP contribution in [-0.4, -0.2) is 9.97 Å². The number of allylic oxidation sites excluding steroid dienone is 1. The van der Waals surface area contributed by atoms with Crippen LogP contribution in [0.15, 0.2) is 34.6 Å². The Morgan fingerprint density at radius 3 is 2.87 bits per heavy atom. The first-order chi connectivity index (χ1) is 7.33. The largest absolute Gasteiger partial charge is 0.306 e. The second-order valence-corrected chi connectivity index (χ2v) is 3.77. The normalized spacial score (nSPS) is 14.3. The van der Waals surface area contributed by atoms with E-state index in [1.807, 2.05) is 24.3 Å². The molecule has 3 heteroatoms. The zero-order valence-electron chi connectivity index (χ0n) is 8.16. The van der Waals surface area contributed by atoms with E-state index in [1.54, 1.807) is 6.07 Å². The number of benzene rings is 1. The molecule has 1 aromatic heterocycles. The lowest BCUT2D eigenvalue weighted by Crippen LogP contribution is -2.09. The van der Waals surface area contributed by atoms with Crippen molar-refractivity contribution < 1.29 is 0 Å². The van der Waals surface area contributed by atoms with Crippen LogP contribution in [0.1, 0.15) is 18.7 Å². The summed E-state index contributed by atoms with van der Waals surface area (Å²) in [7, 11) is 0. The van der Waals surface area contributed by atoms with E-state index < -0.39 is 0 Å². The Hall–Kier alpha value is -1.90. The van der Waals surface area contributed by atoms with Gasteiger partial charge in [-0.25, -0.2) is 4.98 Å². The molecule has 1 aliphatic carbocycles. The maximum absolute atomic E-state index is 11.7. The van der Waals surface area contributed by atoms with Gasteiger partial charge in [0.05, 0.1) is 10.9 Å². The average Bonchev–Trinajstić information content (AvgIpc) is 3.02. The zero-order valence-corrected chi connectivity index (χ0v) is 8.16. The van der Waals surface area contributed by atoms with E-state index in [2.05, 4.69) is 9.97 Å². The number of nitrogens with one attached hydrogen (secondary N) is 1. The van der Waals surface area contributed by atoms with Gasteiger partial charge in [-0.15, -0.1) is 0 Å². The van der Waals surface area contributed by atoms with Gasteiger partial charge in [-0.3, -0.25) is 4.79 Å². The maximum Gasteiger partial charge on any atom is 0.259 e. The number of nitrogens with zero attached hydrogens (tertiary/aromatic N) is 1. The summed E-state index contributed by atoms with van der Waals surface area (Å²) in [6, 6.07) is 7.38. The van der Waals surface area contributed by atoms with Gasteiger partial charge < -0.3 is 4.98 Å². The second kappa shape index (κ2) is 3.05. The third kappa shape index (κ3) is 1.56. The highest BCUT2D eigenvalue weighted by Crippen LogP contribution is 2.29. The van der Waals surface area contributed by atoms with Gasteiger partial charge in [-0.1, -0.05) is 17.7 Å². The van der Waals surface area contributed by atoms with E-state index >= 15 is 0 Å². The molecule has 3 rings (SSSR count). The Kier molecular flexibility index (Phi) is 1.71. The Morgan fingerprint density at radius 2 is 2.07 bits per heavy atom. The van der Waals surface area contributed by atoms with E-state index in [0.717, 1.165) is 18.4 Å². The topological polar surface area (TPSA) is 45.8 Å². The lowest BCUT2D eigenvalue weighted by molar-refractivity contribution is 1.14. The molecule has 0 atom stereocenters. The van der Waals surface area contributed by atoms with Crippen molar-refractivity contribution in [2.24, 2.45) is 0 Å². The van der Waals surface area contributed by atoms with Crippen LogP contribution in [0.5, 0.6) is 0 Å². The van der Waals surface area contributed by atoms with Crippen LogP contribution in [0.3, 0.4) is 0 Å². The summed E-state index contributed by atoms with van der Waals surface area (Å²) in [5.74, 6) is 0.672. The Balaban J connectivity index is 2.27. The molecule has 1 aliphatic rings. The smallest absolute Gasteiger partial charge is 0.259 e. The number of rotatable bonds is 1. The first kappa shape index (κ1) is 8.41. The lowest BCUT2D eigenvalue weighted by Gasteiger charge is -1.97. The third-order valence-corrected chi connectivity index (χ3v) is 2.51. The molecule has 15 heavy (non-hydrogen) atoms. The molecule has 1 aromatic carbocycles. The highest BCUT2D eigenvalue weighted by molar-refractivity contribution is 5.78. The van der Waals surface area contributed by atoms with Gasteiger partial charge in [0.2, 0.25) is 0 Å². The van der Waals surface area contributed by atoms with Gasteiger partial charge in [0.25, 0.3) is 5.56 Å². The SMILES string of the molecule is O=c1[nH]c(C=C2CC2)nc2ccccc12. The van der Waals surface area contributed by atoms with Gasteiger partial charge >= 0.3 is 0 Å². The summed E-state index contributed by atoms with van der Waals surface area (Å²) < 4.78 is 0. The fraction of sp³-hybridized carbons (Fsp3) is 0.167. The summed E-state index contributed by atoms with van der Waals surface area (Å²) >= 11 is 0. The van der Waals surface area contributed by atoms with Crippen molar-refractivity contribution in [3.8, 4) is 0 Å². The van der Waals surface area contributed by atoms with Crippen LogP contribution in [-0.2, 0) is 0 Å². The van der Waals surface area contributed by atoms with E-state index in [0.29, 0.717) is 11.2 Å². The number of hydrogen-bond acceptors (Lipinski definition) is 2. The van der Waals surface area contributed by atoms with Crippen LogP contribution in [0, 0.1) is 0 Å². The monoisotopic (exact) mass is 198 g/mol. The number of para-hydroxylation sites is 1. The van der Waals surface area contributed by atoms with Gasteiger partial charge in [-0.2, -0.15) is 0 Å². The number of hydrogen-bond donors (Lipinski definition) is 1. The minimum Gasteiger partial charge on any atom is -0.306 e. The number of aromatic amines is 1. The predicted molar refractivity (Wildman–Crippen MR) is 59.6 cm³/mol. The molecular formula is C12H10N2O. The summed E-state index contributed by atoms with van der Waals surface area (Å²) in [5.41, 5.74) is 2.05. The minimum absolute atomic E-state index is 0.0619. The molecule has 3 nitrogen and oxygen atoms in total. The Bertz CT molecular complexity index is 604. The van der Waals surface area contributed by atoms with E-state index in [-0.39, 0.29) is 5.56 Å². The van der Waals surface area contributed by atoms with Crippen LogP contribution >= 0.6 is 0 Å². The van der Waals surface area contributed by atoms with Crippen molar-refractivity contribution in [2.45, 2.75) is 12.8 Å². The van der Waals surface area contributed by atoms with Gasteiger partial charge in [0.15, 0.2) is 0 Å². The van der Waals surface area contributed by atoms with Crippen molar-refractivity contribution in [3.63, 3.8) is 0 Å². The first-order valence-corrected chi connectivity index (χ1v) is 5.01. The van der Waals surface area contributed by atoms with Crippen LogP contribution in [0.2, 0.25) is 0 Å². The molecular weight excluding hydrogens is 188 g/mol. The van der Waals surface area contributed by atoms with Crippen molar-refractivity contribution in [3.05, 3.63) is 46.0 Å². The molecule has 1 fully saturated rings. The summed E-state index contributed by atoms with van der Waals surface area (Å²) in [4.78, 5) is 18.8. The predicted octanol–water partition coefficient (Wildman–Crippen LogP) is 2.10. The molecule has 0 bridgehead atoms. The zero-order chi connectivity index (χ0) is 10.3. The molecule has 0 spiro atoms. The average molecular weight is 198 g/mol. The van der Waals surface area contributed by atoms with E-state index in [9.17, 15) is 4.79 Å². The number of fused-ring (bicyclic) bond motifs is 1. The van der Waals surface area contributed by atoms with E-state index in [1.165, 1.54) is 5.57 Å². The quantitative estimate of drug-likeness (QED) is 0.762. The molecule has 0 amide bonds. The fourth-order valence-electron chi connectivity index (χ4n) is 1.58. The van der Waals surface area contributed by atoms with Crippen LogP contribution < -0.4 is 5.56 Å². The van der Waals surface area contributed by atoms with Crippen molar-refractivity contribution in [2.75, 3.05) is 0 Å². The van der Waals surface area contributed by atoms with Gasteiger partial charge in [0, 0.05) is 0 Å². The number of aromatic nitrogens is 2. The van der Waals surface area contributed by atoms with Crippen LogP contribution in [0.25, 0.3) is 17.0 Å². The van der Waals surface area contributed by atoms with E-state index in [4.69, 9.17) is 0 Å². The lowest BCUT2D eigenvalue weighted by atomic mass is 10.2. The van der Waals surface area contributed by atoms with Crippen LogP contribution in [0.4, 0.5) is 0 Å². The third-order valence-electron chi connectivity index (χ3n) is 2.51. The Morgan fingerprint density at radius 1 is 1.27 bits per heavy atom.